The van der Waals surface area contributed by atoms with Gasteiger partial charge in [-0.1, -0.05) is 94.2 Å². The lowest BCUT2D eigenvalue weighted by Gasteiger charge is -2.10. The molecular formula is C40H50O2. The molecule has 0 aromatic heterocycles. The average molecular weight is 563 g/mol. The van der Waals surface area contributed by atoms with Gasteiger partial charge in [0.05, 0.1) is 13.2 Å². The van der Waals surface area contributed by atoms with E-state index in [0.29, 0.717) is 0 Å². The first-order chi connectivity index (χ1) is 20.8. The van der Waals surface area contributed by atoms with E-state index in [1.54, 1.807) is 0 Å². The van der Waals surface area contributed by atoms with Gasteiger partial charge in [-0.2, -0.15) is 0 Å². The van der Waals surface area contributed by atoms with Gasteiger partial charge < -0.3 is 9.47 Å². The summed E-state index contributed by atoms with van der Waals surface area (Å²) in [5.41, 5.74) is 2.43. The highest BCUT2D eigenvalue weighted by molar-refractivity contribution is 6.00. The summed E-state index contributed by atoms with van der Waals surface area (Å²) >= 11 is 0. The van der Waals surface area contributed by atoms with Crippen LogP contribution in [0, 0.1) is 0 Å². The minimum absolute atomic E-state index is 0.752. The van der Waals surface area contributed by atoms with Crippen molar-refractivity contribution in [3.63, 3.8) is 0 Å². The highest BCUT2D eigenvalue weighted by Crippen LogP contribution is 2.30. The number of allylic oxidation sites excluding steroid dienone is 4. The number of benzene rings is 4. The summed E-state index contributed by atoms with van der Waals surface area (Å²) in [6.45, 7) is 6.01. The van der Waals surface area contributed by atoms with Gasteiger partial charge in [-0.15, -0.1) is 0 Å². The summed E-state index contributed by atoms with van der Waals surface area (Å²) in [7, 11) is 0. The predicted octanol–water partition coefficient (Wildman–Crippen LogP) is 12.3. The first-order valence-electron chi connectivity index (χ1n) is 16.4. The number of hydrogen-bond acceptors (Lipinski definition) is 2. The van der Waals surface area contributed by atoms with E-state index in [1.807, 2.05) is 0 Å². The van der Waals surface area contributed by atoms with Crippen LogP contribution in [-0.2, 0) is 0 Å². The summed E-state index contributed by atoms with van der Waals surface area (Å²) in [5.74, 6) is 1.89. The molecule has 0 aliphatic rings. The Kier molecular flexibility index (Phi) is 13.5. The number of fused-ring (bicyclic) bond motifs is 2. The quantitative estimate of drug-likeness (QED) is 0.0643. The lowest BCUT2D eigenvalue weighted by molar-refractivity contribution is 0.312. The molecule has 0 amide bonds. The second-order valence-corrected chi connectivity index (χ2v) is 11.4. The number of rotatable bonds is 19. The molecule has 0 N–H and O–H groups in total. The summed E-state index contributed by atoms with van der Waals surface area (Å²) < 4.78 is 12.0. The molecule has 0 atom stereocenters. The van der Waals surface area contributed by atoms with Crippen molar-refractivity contribution in [3.05, 3.63) is 97.1 Å². The fourth-order valence-corrected chi connectivity index (χ4v) is 5.27. The molecule has 42 heavy (non-hydrogen) atoms. The second kappa shape index (κ2) is 18.1. The Hall–Kier alpha value is -3.52. The SMILES string of the molecule is CCCCC/C=C\CCCOc1ccc(-c2ccc3cc4cc(OCCC/C=C\CCCCC)ccc4cc3c2)cc1. The zero-order valence-electron chi connectivity index (χ0n) is 26.0. The van der Waals surface area contributed by atoms with Crippen molar-refractivity contribution in [3.8, 4) is 22.6 Å². The maximum absolute atomic E-state index is 6.07. The van der Waals surface area contributed by atoms with Crippen molar-refractivity contribution in [2.24, 2.45) is 0 Å². The van der Waals surface area contributed by atoms with Crippen LogP contribution in [0.25, 0.3) is 32.7 Å². The summed E-state index contributed by atoms with van der Waals surface area (Å²) in [4.78, 5) is 0. The molecule has 0 saturated heterocycles. The van der Waals surface area contributed by atoms with Gasteiger partial charge >= 0.3 is 0 Å². The molecule has 4 aromatic rings. The van der Waals surface area contributed by atoms with Crippen LogP contribution < -0.4 is 9.47 Å². The highest BCUT2D eigenvalue weighted by Gasteiger charge is 2.05. The third-order valence-corrected chi connectivity index (χ3v) is 7.80. The van der Waals surface area contributed by atoms with Crippen LogP contribution in [0.15, 0.2) is 97.1 Å². The summed E-state index contributed by atoms with van der Waals surface area (Å²) in [6.07, 6.45) is 23.7. The van der Waals surface area contributed by atoms with Gasteiger partial charge in [0.2, 0.25) is 0 Å². The van der Waals surface area contributed by atoms with Gasteiger partial charge in [0.1, 0.15) is 11.5 Å². The monoisotopic (exact) mass is 562 g/mol. The van der Waals surface area contributed by atoms with E-state index >= 15 is 0 Å². The van der Waals surface area contributed by atoms with Crippen molar-refractivity contribution in [1.29, 1.82) is 0 Å². The molecule has 0 unspecified atom stereocenters. The van der Waals surface area contributed by atoms with E-state index in [0.717, 1.165) is 50.4 Å². The predicted molar refractivity (Wildman–Crippen MR) is 183 cm³/mol. The molecule has 0 aliphatic heterocycles. The van der Waals surface area contributed by atoms with E-state index in [1.165, 1.54) is 84.0 Å². The minimum atomic E-state index is 0.752. The fourth-order valence-electron chi connectivity index (χ4n) is 5.27. The number of hydrogen-bond donors (Lipinski definition) is 0. The van der Waals surface area contributed by atoms with E-state index in [4.69, 9.17) is 9.47 Å². The van der Waals surface area contributed by atoms with Gasteiger partial charge in [-0.3, -0.25) is 0 Å². The molecule has 0 heterocycles. The van der Waals surface area contributed by atoms with Gasteiger partial charge in [-0.25, -0.2) is 0 Å². The van der Waals surface area contributed by atoms with Crippen molar-refractivity contribution < 1.29 is 9.47 Å². The largest absolute Gasteiger partial charge is 0.494 e. The van der Waals surface area contributed by atoms with Crippen LogP contribution >= 0.6 is 0 Å². The zero-order valence-corrected chi connectivity index (χ0v) is 26.0. The molecule has 0 saturated carbocycles. The van der Waals surface area contributed by atoms with Crippen molar-refractivity contribution in [2.45, 2.75) is 90.9 Å². The summed E-state index contributed by atoms with van der Waals surface area (Å²) in [5, 5.41) is 4.96. The Morgan fingerprint density at radius 3 is 1.50 bits per heavy atom. The van der Waals surface area contributed by atoms with Crippen LogP contribution in [0.2, 0.25) is 0 Å². The molecule has 4 rings (SSSR count). The Labute approximate surface area is 254 Å². The Bertz CT molecular complexity index is 1400. The smallest absolute Gasteiger partial charge is 0.119 e. The Morgan fingerprint density at radius 2 is 0.905 bits per heavy atom. The molecule has 0 aliphatic carbocycles. The Balaban J connectivity index is 1.27. The maximum atomic E-state index is 6.07. The highest BCUT2D eigenvalue weighted by atomic mass is 16.5. The third kappa shape index (κ3) is 10.4. The van der Waals surface area contributed by atoms with Gasteiger partial charge in [0, 0.05) is 0 Å². The van der Waals surface area contributed by atoms with Crippen LogP contribution in [0.5, 0.6) is 11.5 Å². The molecular weight excluding hydrogens is 512 g/mol. The fraction of sp³-hybridized carbons (Fsp3) is 0.400. The third-order valence-electron chi connectivity index (χ3n) is 7.80. The van der Waals surface area contributed by atoms with Crippen LogP contribution in [0.3, 0.4) is 0 Å². The molecule has 0 radical (unpaired) electrons. The average Bonchev–Trinajstić information content (AvgIpc) is 3.02. The number of unbranched alkanes of at least 4 members (excludes halogenated alkanes) is 8. The molecule has 2 heteroatoms. The lowest BCUT2D eigenvalue weighted by Crippen LogP contribution is -1.96. The van der Waals surface area contributed by atoms with E-state index in [-0.39, 0.29) is 0 Å². The van der Waals surface area contributed by atoms with Crippen molar-refractivity contribution >= 4 is 21.5 Å². The standard InChI is InChI=1S/C40H50O2/c1-3-5-7-9-11-13-15-17-27-41-39-24-21-33(22-25-39)34-19-20-35-31-38-32-40(26-23-36(38)30-37(35)29-34)42-28-18-16-14-12-10-8-6-4-2/h11-14,19-26,29-32H,3-10,15-18,27-28H2,1-2H3/b13-11-,14-12-. The first kappa shape index (κ1) is 31.4. The molecule has 4 aromatic carbocycles. The van der Waals surface area contributed by atoms with Crippen LogP contribution in [0.1, 0.15) is 90.9 Å². The minimum Gasteiger partial charge on any atom is -0.494 e. The molecule has 0 bridgehead atoms. The number of ether oxygens (including phenoxy) is 2. The lowest BCUT2D eigenvalue weighted by atomic mass is 9.98. The maximum Gasteiger partial charge on any atom is 0.119 e. The normalized spacial score (nSPS) is 11.8. The second-order valence-electron chi connectivity index (χ2n) is 11.4. The summed E-state index contributed by atoms with van der Waals surface area (Å²) in [6, 6.07) is 26.3. The van der Waals surface area contributed by atoms with Crippen molar-refractivity contribution in [1.82, 2.24) is 0 Å². The topological polar surface area (TPSA) is 18.5 Å². The van der Waals surface area contributed by atoms with Crippen molar-refractivity contribution in [2.75, 3.05) is 13.2 Å². The van der Waals surface area contributed by atoms with E-state index in [2.05, 4.69) is 111 Å². The molecule has 222 valence electrons. The van der Waals surface area contributed by atoms with E-state index in [9.17, 15) is 0 Å². The Morgan fingerprint density at radius 1 is 0.429 bits per heavy atom. The zero-order chi connectivity index (χ0) is 29.2. The molecule has 0 fully saturated rings. The first-order valence-corrected chi connectivity index (χ1v) is 16.4. The van der Waals surface area contributed by atoms with E-state index < -0.39 is 0 Å². The van der Waals surface area contributed by atoms with Gasteiger partial charge in [-0.05, 0) is 127 Å². The van der Waals surface area contributed by atoms with Gasteiger partial charge in [0.25, 0.3) is 0 Å². The van der Waals surface area contributed by atoms with Gasteiger partial charge in [0.15, 0.2) is 0 Å². The molecule has 0 spiro atoms. The molecule has 2 nitrogen and oxygen atoms in total. The van der Waals surface area contributed by atoms with Crippen LogP contribution in [0.4, 0.5) is 0 Å². The van der Waals surface area contributed by atoms with Crippen LogP contribution in [-0.4, -0.2) is 13.2 Å².